The molecule has 8 bridgehead atoms. The van der Waals surface area contributed by atoms with Gasteiger partial charge in [-0.1, -0.05) is 13.8 Å². The van der Waals surface area contributed by atoms with Gasteiger partial charge in [0, 0.05) is 120 Å². The van der Waals surface area contributed by atoms with E-state index in [-0.39, 0.29) is 69.7 Å². The van der Waals surface area contributed by atoms with E-state index in [9.17, 15) is 33.6 Å². The summed E-state index contributed by atoms with van der Waals surface area (Å²) in [6.07, 6.45) is -4.43. The molecule has 2 saturated heterocycles. The van der Waals surface area contributed by atoms with E-state index < -0.39 is 89.3 Å². The van der Waals surface area contributed by atoms with Crippen LogP contribution in [0.4, 0.5) is 4.79 Å². The zero-order chi connectivity index (χ0) is 66.9. The van der Waals surface area contributed by atoms with Crippen molar-refractivity contribution in [2.45, 2.75) is 169 Å². The molecule has 4 amide bonds. The number of carbonyl (C=O) groups excluding carboxylic acids is 8. The number of aromatic amines is 2. The van der Waals surface area contributed by atoms with E-state index in [4.69, 9.17) is 52.6 Å². The molecule has 8 rings (SSSR count). The summed E-state index contributed by atoms with van der Waals surface area (Å²) in [6, 6.07) is 6.00. The normalized spacial score (nSPS) is 21.2. The lowest BCUT2D eigenvalue weighted by molar-refractivity contribution is -0.237. The Kier molecular flexibility index (Phi) is 23.9. The topological polar surface area (TPSA) is 299 Å². The molecule has 3 aromatic heterocycles. The number of H-pyrrole nitrogens is 2. The van der Waals surface area contributed by atoms with Crippen LogP contribution in [0.15, 0.2) is 18.2 Å². The van der Waals surface area contributed by atoms with Gasteiger partial charge in [0.2, 0.25) is 5.91 Å². The summed E-state index contributed by atoms with van der Waals surface area (Å²) in [7, 11) is 1.70. The van der Waals surface area contributed by atoms with E-state index in [1.807, 2.05) is 45.9 Å². The number of amides is 4. The second-order valence-electron chi connectivity index (χ2n) is 24.8. The van der Waals surface area contributed by atoms with Crippen LogP contribution < -0.4 is 5.32 Å². The fraction of sp³-hybridized carbons (Fsp3) is 0.606. The van der Waals surface area contributed by atoms with Crippen LogP contribution in [0.2, 0.25) is 0 Å². The van der Waals surface area contributed by atoms with Crippen molar-refractivity contribution in [1.29, 1.82) is 0 Å². The summed E-state index contributed by atoms with van der Waals surface area (Å²) >= 11 is 1.23. The van der Waals surface area contributed by atoms with Crippen molar-refractivity contribution in [3.63, 3.8) is 0 Å². The Balaban J connectivity index is 1.11. The fourth-order valence-electron chi connectivity index (χ4n) is 12.4. The SMILES string of the molecule is CCC1=C(C)c2cc3[nH]c(cc4nc(c5c6[nH]c(cc1n2)c(C)c6C(=O)N(CCN1CCOCC1)C5=O)[C@@H](CCC(=O)N(C)CCCS[C@@H]1O[C@H](COC(C)=O)[C@@H](OC(C)=O)[C@H](OC(C)=O)[C@H]1OC(C)=O)[C@@H]4C)c(C)c3C(C)OCCOCCNC(=O)OC(C)(C)C. The van der Waals surface area contributed by atoms with E-state index in [0.717, 1.165) is 58.5 Å². The number of hydrogen-bond donors (Lipinski definition) is 3. The van der Waals surface area contributed by atoms with E-state index in [1.54, 1.807) is 32.7 Å². The largest absolute Gasteiger partial charge is 0.463 e. The number of alkyl carbamates (subject to hydrolysis) is 1. The molecule has 3 N–H and O–H groups in total. The second-order valence-corrected chi connectivity index (χ2v) is 26.0. The summed E-state index contributed by atoms with van der Waals surface area (Å²) in [5.74, 6) is -4.34. The molecule has 0 saturated carbocycles. The molecule has 92 heavy (non-hydrogen) atoms. The van der Waals surface area contributed by atoms with E-state index >= 15 is 4.79 Å². The Morgan fingerprint density at radius 3 is 2.15 bits per heavy atom. The van der Waals surface area contributed by atoms with Crippen LogP contribution in [-0.2, 0) is 66.6 Å². The van der Waals surface area contributed by atoms with E-state index in [1.165, 1.54) is 30.5 Å². The van der Waals surface area contributed by atoms with Crippen LogP contribution >= 0.6 is 11.8 Å². The highest BCUT2D eigenvalue weighted by Gasteiger charge is 2.52. The molecule has 5 aliphatic heterocycles. The molecule has 502 valence electrons. The summed E-state index contributed by atoms with van der Waals surface area (Å²) < 4.78 is 51.6. The Morgan fingerprint density at radius 2 is 1.48 bits per heavy atom. The van der Waals surface area contributed by atoms with Gasteiger partial charge >= 0.3 is 30.0 Å². The lowest BCUT2D eigenvalue weighted by Gasteiger charge is -2.44. The van der Waals surface area contributed by atoms with Crippen LogP contribution in [0.1, 0.15) is 180 Å². The van der Waals surface area contributed by atoms with E-state index in [2.05, 4.69) is 34.0 Å². The van der Waals surface area contributed by atoms with Gasteiger partial charge in [-0.05, 0) is 114 Å². The first-order valence-electron chi connectivity index (χ1n) is 31.6. The quantitative estimate of drug-likeness (QED) is 0.0312. The number of fused-ring (bicyclic) bond motifs is 8. The maximum atomic E-state index is 15.5. The van der Waals surface area contributed by atoms with Crippen molar-refractivity contribution in [2.75, 3.05) is 91.7 Å². The summed E-state index contributed by atoms with van der Waals surface area (Å²) in [5.41, 5.74) is 8.65. The minimum Gasteiger partial charge on any atom is -0.463 e. The average Bonchev–Trinajstić information content (AvgIpc) is 1.55. The molecule has 0 aromatic carbocycles. The van der Waals surface area contributed by atoms with Crippen molar-refractivity contribution in [2.24, 2.45) is 0 Å². The highest BCUT2D eigenvalue weighted by molar-refractivity contribution is 7.99. The number of esters is 4. The van der Waals surface area contributed by atoms with Crippen molar-refractivity contribution < 1.29 is 81.0 Å². The molecular weight excluding hydrogens is 1210 g/mol. The maximum Gasteiger partial charge on any atom is 0.407 e. The van der Waals surface area contributed by atoms with Crippen LogP contribution in [0.25, 0.3) is 33.2 Å². The molecule has 5 aliphatic rings. The number of morpholine rings is 1. The van der Waals surface area contributed by atoms with Gasteiger partial charge in [0.05, 0.1) is 72.9 Å². The van der Waals surface area contributed by atoms with Crippen molar-refractivity contribution >= 4 is 92.7 Å². The first-order valence-corrected chi connectivity index (χ1v) is 32.7. The number of nitrogens with one attached hydrogen (secondary N) is 3. The van der Waals surface area contributed by atoms with Crippen LogP contribution in [-0.4, -0.2) is 209 Å². The third-order valence-electron chi connectivity index (χ3n) is 17.0. The van der Waals surface area contributed by atoms with Gasteiger partial charge in [0.25, 0.3) is 11.8 Å². The number of nitrogens with zero attached hydrogens (tertiary/aromatic N) is 5. The highest BCUT2D eigenvalue weighted by Crippen LogP contribution is 2.45. The molecule has 25 nitrogen and oxygen atoms in total. The Labute approximate surface area is 541 Å². The number of allylic oxidation sites excluding steroid dienone is 2. The van der Waals surface area contributed by atoms with Crippen LogP contribution in [0.5, 0.6) is 0 Å². The average molecular weight is 1300 g/mol. The predicted octanol–water partition coefficient (Wildman–Crippen LogP) is 8.15. The molecule has 8 heterocycles. The monoisotopic (exact) mass is 1300 g/mol. The zero-order valence-electron chi connectivity index (χ0n) is 55.5. The second kappa shape index (κ2) is 31.1. The molecule has 2 fully saturated rings. The lowest BCUT2D eigenvalue weighted by atomic mass is 9.84. The van der Waals surface area contributed by atoms with Gasteiger partial charge < -0.3 is 62.8 Å². The number of rotatable bonds is 25. The fourth-order valence-corrected chi connectivity index (χ4v) is 13.5. The summed E-state index contributed by atoms with van der Waals surface area (Å²) in [5, 5.41) is 2.71. The number of carbonyl (C=O) groups is 8. The van der Waals surface area contributed by atoms with Gasteiger partial charge in [-0.3, -0.25) is 48.3 Å². The number of aromatic nitrogens is 4. The van der Waals surface area contributed by atoms with Crippen molar-refractivity contribution in [1.82, 2.24) is 40.0 Å². The van der Waals surface area contributed by atoms with Gasteiger partial charge in [0.15, 0.2) is 18.3 Å². The molecule has 8 atom stereocenters. The van der Waals surface area contributed by atoms with Crippen LogP contribution in [0.3, 0.4) is 0 Å². The van der Waals surface area contributed by atoms with Crippen molar-refractivity contribution in [3.8, 4) is 0 Å². The van der Waals surface area contributed by atoms with Crippen LogP contribution in [0, 0.1) is 13.8 Å². The smallest absolute Gasteiger partial charge is 0.407 e. The number of thioether (sulfide) groups is 1. The maximum absolute atomic E-state index is 15.5. The molecule has 26 heteroatoms. The standard InChI is InChI=1S/C66H90N8O17S/c1-15-44-35(2)46-33-51-54(39(6)85-29-28-83-25-19-67-65(82)91-66(11,12)13)37(4)48(69-51)31-47-36(3)45(57(70-47)56-58-55(38(5)49(71-58)32-50(44)68-46)62(80)74(63(56)81)22-21-73-23-26-84-27-24-73)17-18-53(79)72(14)20-16-30-92-64-61(89-43(10)78)60(88-42(9)77)59(87-41(8)76)52(90-64)34-86-40(7)75/h31-33,36,39,45,52,59-61,64,69,71H,15-30,34H2,1-14H3,(H,67,82)/t36-,39?,45-,52+,59+,60-,61+,64-/m0/s1. The molecule has 0 spiro atoms. The van der Waals surface area contributed by atoms with Gasteiger partial charge in [-0.2, -0.15) is 0 Å². The molecule has 1 unspecified atom stereocenters. The minimum atomic E-state index is -1.31. The van der Waals surface area contributed by atoms with Crippen molar-refractivity contribution in [3.05, 3.63) is 68.8 Å². The number of imide groups is 1. The van der Waals surface area contributed by atoms with Gasteiger partial charge in [-0.15, -0.1) is 11.8 Å². The molecule has 0 radical (unpaired) electrons. The predicted molar refractivity (Wildman–Crippen MR) is 342 cm³/mol. The summed E-state index contributed by atoms with van der Waals surface area (Å²) in [6.45, 7) is 26.1. The first-order chi connectivity index (χ1) is 43.6. The van der Waals surface area contributed by atoms with E-state index in [0.29, 0.717) is 91.5 Å². The van der Waals surface area contributed by atoms with Gasteiger partial charge in [-0.25, -0.2) is 9.78 Å². The Bertz CT molecular complexity index is 3480. The molecule has 0 aliphatic carbocycles. The number of hydrogen-bond acceptors (Lipinski definition) is 21. The summed E-state index contributed by atoms with van der Waals surface area (Å²) in [4.78, 5) is 129. The molecule has 3 aromatic rings. The number of aryl methyl sites for hydroxylation is 2. The third kappa shape index (κ3) is 17.1. The minimum absolute atomic E-state index is 0.0644. The third-order valence-corrected chi connectivity index (χ3v) is 18.2. The van der Waals surface area contributed by atoms with Gasteiger partial charge in [0.1, 0.15) is 23.7 Å². The lowest BCUT2D eigenvalue weighted by Crippen LogP contribution is -2.61. The number of ether oxygens (including phenoxy) is 9. The Morgan fingerprint density at radius 1 is 0.815 bits per heavy atom. The molecular formula is C66H90N8O17S. The Hall–Kier alpha value is -7.23. The highest BCUT2D eigenvalue weighted by atomic mass is 32.2. The first kappa shape index (κ1) is 70.6. The zero-order valence-corrected chi connectivity index (χ0v) is 56.3.